The van der Waals surface area contributed by atoms with E-state index < -0.39 is 6.85 Å². The maximum absolute atomic E-state index is 7.61. The minimum Gasteiger partial charge on any atom is -0.299 e. The molecular weight excluding hydrogens is 270 g/mol. The van der Waals surface area contributed by atoms with Crippen LogP contribution in [-0.2, 0) is 7.05 Å². The Morgan fingerprint density at radius 3 is 2.86 bits per heavy atom. The lowest BCUT2D eigenvalue weighted by molar-refractivity contribution is -0.660. The van der Waals surface area contributed by atoms with Crippen LogP contribution in [0, 0.1) is 13.8 Å². The second kappa shape index (κ2) is 4.67. The highest BCUT2D eigenvalue weighted by molar-refractivity contribution is 5.94. The molecule has 0 saturated carbocycles. The molecule has 0 N–H and O–H groups in total. The van der Waals surface area contributed by atoms with Gasteiger partial charge in [-0.1, -0.05) is 12.1 Å². The molecular formula is C19H18N3+. The summed E-state index contributed by atoms with van der Waals surface area (Å²) >= 11 is 0. The summed E-state index contributed by atoms with van der Waals surface area (Å²) in [6, 6.07) is 13.6. The molecule has 0 amide bonds. The summed E-state index contributed by atoms with van der Waals surface area (Å²) in [5, 5.41) is 0. The Bertz CT molecular complexity index is 1110. The summed E-state index contributed by atoms with van der Waals surface area (Å²) in [4.78, 5) is 4.69. The number of nitrogens with zero attached hydrogens (tertiary/aromatic N) is 3. The van der Waals surface area contributed by atoms with Gasteiger partial charge in [-0.05, 0) is 43.6 Å². The molecule has 3 nitrogen and oxygen atoms in total. The normalized spacial score (nSPS) is 14.0. The first-order valence-corrected chi connectivity index (χ1v) is 7.23. The third-order valence-corrected chi connectivity index (χ3v) is 4.07. The monoisotopic (exact) mass is 291 g/mol. The van der Waals surface area contributed by atoms with Crippen molar-refractivity contribution >= 4 is 16.7 Å². The van der Waals surface area contributed by atoms with Crippen LogP contribution in [0.25, 0.3) is 27.9 Å². The molecule has 0 atom stereocenters. The van der Waals surface area contributed by atoms with Gasteiger partial charge in [0.1, 0.15) is 12.7 Å². The predicted octanol–water partition coefficient (Wildman–Crippen LogP) is 3.60. The average molecular weight is 291 g/mol. The summed E-state index contributed by atoms with van der Waals surface area (Å²) < 4.78 is 26.8. The number of hydrogen-bond acceptors (Lipinski definition) is 1. The van der Waals surface area contributed by atoms with E-state index in [1.807, 2.05) is 48.1 Å². The maximum Gasteiger partial charge on any atom is 0.214 e. The standard InChI is InChI=1S/C19H18N3/c1-13-7-10-16(21(3)12-13)18-14(2)8-9-15-19(18)22-11-5-4-6-17(22)20-15/h4-12H,1-3H3/q+1/i1D3. The summed E-state index contributed by atoms with van der Waals surface area (Å²) in [6.45, 7) is -0.0462. The fourth-order valence-electron chi connectivity index (χ4n) is 3.04. The van der Waals surface area contributed by atoms with Gasteiger partial charge < -0.3 is 0 Å². The van der Waals surface area contributed by atoms with E-state index in [1.54, 1.807) is 12.3 Å². The fourth-order valence-corrected chi connectivity index (χ4v) is 3.04. The number of fused-ring (bicyclic) bond motifs is 3. The Morgan fingerprint density at radius 2 is 2.05 bits per heavy atom. The summed E-state index contributed by atoms with van der Waals surface area (Å²) in [5.74, 6) is 0. The molecule has 4 rings (SSSR count). The highest BCUT2D eigenvalue weighted by Crippen LogP contribution is 2.30. The molecule has 0 saturated heterocycles. The molecule has 0 unspecified atom stereocenters. The van der Waals surface area contributed by atoms with Crippen LogP contribution in [0.2, 0.25) is 0 Å². The summed E-state index contributed by atoms with van der Waals surface area (Å²) in [6.07, 6.45) is 3.69. The van der Waals surface area contributed by atoms with Crippen LogP contribution in [0.1, 0.15) is 15.2 Å². The van der Waals surface area contributed by atoms with Gasteiger partial charge in [0.25, 0.3) is 0 Å². The highest BCUT2D eigenvalue weighted by Gasteiger charge is 2.19. The Balaban J connectivity index is 2.06. The molecule has 108 valence electrons. The number of hydrogen-bond donors (Lipinski definition) is 0. The maximum atomic E-state index is 7.61. The van der Waals surface area contributed by atoms with Gasteiger partial charge in [-0.15, -0.1) is 0 Å². The number of imidazole rings is 1. The molecule has 0 aliphatic carbocycles. The number of aromatic nitrogens is 3. The predicted molar refractivity (Wildman–Crippen MR) is 88.8 cm³/mol. The second-order valence-electron chi connectivity index (χ2n) is 5.58. The molecule has 0 radical (unpaired) electrons. The van der Waals surface area contributed by atoms with Crippen LogP contribution in [0.5, 0.6) is 0 Å². The van der Waals surface area contributed by atoms with Gasteiger partial charge >= 0.3 is 0 Å². The van der Waals surface area contributed by atoms with Gasteiger partial charge in [0.05, 0.1) is 16.6 Å². The van der Waals surface area contributed by atoms with Gasteiger partial charge in [0, 0.05) is 21.9 Å². The molecule has 0 bridgehead atoms. The van der Waals surface area contributed by atoms with Crippen LogP contribution in [0.15, 0.2) is 54.9 Å². The van der Waals surface area contributed by atoms with E-state index in [4.69, 9.17) is 9.10 Å². The molecule has 0 fully saturated rings. The van der Waals surface area contributed by atoms with Crippen molar-refractivity contribution in [3.63, 3.8) is 0 Å². The van der Waals surface area contributed by atoms with Crippen molar-refractivity contribution in [3.8, 4) is 11.3 Å². The largest absolute Gasteiger partial charge is 0.299 e. The van der Waals surface area contributed by atoms with Crippen molar-refractivity contribution < 1.29 is 8.68 Å². The molecule has 0 aliphatic heterocycles. The lowest BCUT2D eigenvalue weighted by Gasteiger charge is -2.07. The number of benzene rings is 1. The Labute approximate surface area is 133 Å². The molecule has 0 aliphatic rings. The molecule has 1 aromatic carbocycles. The quantitative estimate of drug-likeness (QED) is 0.491. The lowest BCUT2D eigenvalue weighted by atomic mass is 10.0. The minimum absolute atomic E-state index is 0.335. The average Bonchev–Trinajstić information content (AvgIpc) is 2.93. The zero-order chi connectivity index (χ0) is 17.8. The second-order valence-corrected chi connectivity index (χ2v) is 5.58. The van der Waals surface area contributed by atoms with Crippen molar-refractivity contribution in [1.82, 2.24) is 9.38 Å². The van der Waals surface area contributed by atoms with E-state index in [-0.39, 0.29) is 0 Å². The SMILES string of the molecule is [2H]C([2H])([2H])c1ccc(-c2c(C)ccc3nc4ccccn4c23)[n+](C)c1. The highest BCUT2D eigenvalue weighted by atomic mass is 15.0. The van der Waals surface area contributed by atoms with Crippen molar-refractivity contribution in [3.05, 3.63) is 66.0 Å². The van der Waals surface area contributed by atoms with Crippen LogP contribution in [0.3, 0.4) is 0 Å². The van der Waals surface area contributed by atoms with Gasteiger partial charge in [-0.3, -0.25) is 4.40 Å². The summed E-state index contributed by atoms with van der Waals surface area (Å²) in [7, 11) is 1.88. The third-order valence-electron chi connectivity index (χ3n) is 4.07. The smallest absolute Gasteiger partial charge is 0.214 e. The topological polar surface area (TPSA) is 21.2 Å². The van der Waals surface area contributed by atoms with E-state index in [0.29, 0.717) is 5.56 Å². The zero-order valence-corrected chi connectivity index (χ0v) is 12.5. The van der Waals surface area contributed by atoms with Gasteiger partial charge in [-0.2, -0.15) is 0 Å². The molecule has 3 heterocycles. The molecule has 22 heavy (non-hydrogen) atoms. The van der Waals surface area contributed by atoms with E-state index >= 15 is 0 Å². The fraction of sp³-hybridized carbons (Fsp3) is 0.158. The van der Waals surface area contributed by atoms with E-state index in [9.17, 15) is 0 Å². The first-order chi connectivity index (χ1) is 11.9. The zero-order valence-electron chi connectivity index (χ0n) is 15.5. The lowest BCUT2D eigenvalue weighted by Crippen LogP contribution is -2.31. The molecule has 3 aromatic heterocycles. The van der Waals surface area contributed by atoms with E-state index in [0.717, 1.165) is 33.5 Å². The Kier molecular flexibility index (Phi) is 2.15. The van der Waals surface area contributed by atoms with Gasteiger partial charge in [0.15, 0.2) is 6.20 Å². The van der Waals surface area contributed by atoms with Crippen molar-refractivity contribution in [2.45, 2.75) is 13.8 Å². The van der Waals surface area contributed by atoms with Crippen molar-refractivity contribution in [2.75, 3.05) is 0 Å². The Hall–Kier alpha value is -2.68. The van der Waals surface area contributed by atoms with Crippen molar-refractivity contribution in [2.24, 2.45) is 7.05 Å². The first kappa shape index (κ1) is 10.1. The summed E-state index contributed by atoms with van der Waals surface area (Å²) in [5.41, 5.74) is 6.33. The molecule has 4 aromatic rings. The van der Waals surface area contributed by atoms with Gasteiger partial charge in [-0.25, -0.2) is 9.55 Å². The number of pyridine rings is 2. The van der Waals surface area contributed by atoms with E-state index in [2.05, 4.69) is 17.4 Å². The molecule has 3 heteroatoms. The molecule has 0 spiro atoms. The Morgan fingerprint density at radius 1 is 1.14 bits per heavy atom. The van der Waals surface area contributed by atoms with E-state index in [1.165, 1.54) is 0 Å². The van der Waals surface area contributed by atoms with Crippen LogP contribution >= 0.6 is 0 Å². The third kappa shape index (κ3) is 1.82. The number of rotatable bonds is 1. The first-order valence-electron chi connectivity index (χ1n) is 8.73. The van der Waals surface area contributed by atoms with Crippen LogP contribution in [-0.4, -0.2) is 9.38 Å². The van der Waals surface area contributed by atoms with Crippen LogP contribution in [0.4, 0.5) is 0 Å². The number of aryl methyl sites for hydroxylation is 3. The van der Waals surface area contributed by atoms with Gasteiger partial charge in [0.2, 0.25) is 5.69 Å². The van der Waals surface area contributed by atoms with Crippen LogP contribution < -0.4 is 4.57 Å². The van der Waals surface area contributed by atoms with Crippen molar-refractivity contribution in [1.29, 1.82) is 0 Å². The minimum atomic E-state index is -2.11.